The highest BCUT2D eigenvalue weighted by Crippen LogP contribution is 2.09. The lowest BCUT2D eigenvalue weighted by Gasteiger charge is -2.34. The number of nitrogens with one attached hydrogen (secondary N) is 2. The predicted molar refractivity (Wildman–Crippen MR) is 147 cm³/mol. The van der Waals surface area contributed by atoms with Crippen molar-refractivity contribution < 1.29 is 28.7 Å². The van der Waals surface area contributed by atoms with E-state index in [1.807, 2.05) is 60.7 Å². The first kappa shape index (κ1) is 28.3. The Labute approximate surface area is 232 Å². The summed E-state index contributed by atoms with van der Waals surface area (Å²) in [5.74, 6) is -1.17. The molecule has 0 bridgehead atoms. The van der Waals surface area contributed by atoms with E-state index in [-0.39, 0.29) is 32.1 Å². The Morgan fingerprint density at radius 3 is 1.88 bits per heavy atom. The second-order valence-electron chi connectivity index (χ2n) is 9.19. The van der Waals surface area contributed by atoms with Crippen molar-refractivity contribution in [2.75, 3.05) is 32.7 Å². The summed E-state index contributed by atoms with van der Waals surface area (Å²) in [5.41, 5.74) is 5.25. The van der Waals surface area contributed by atoms with Crippen LogP contribution in [0.5, 0.6) is 0 Å². The summed E-state index contributed by atoms with van der Waals surface area (Å²) in [5, 5.41) is 4.41. The maximum atomic E-state index is 12.8. The van der Waals surface area contributed by atoms with Crippen LogP contribution in [-0.2, 0) is 27.5 Å². The number of rotatable bonds is 10. The van der Waals surface area contributed by atoms with Gasteiger partial charge in [-0.15, -0.1) is 0 Å². The van der Waals surface area contributed by atoms with Gasteiger partial charge < -0.3 is 19.7 Å². The SMILES string of the molecule is O=C(CCNC(=O)c1cccc(C(=O)NN2CCN(C(=O)OCc3ccccc3)CC2)c1)OCc1ccccc1. The van der Waals surface area contributed by atoms with Crippen LogP contribution in [0.3, 0.4) is 0 Å². The Morgan fingerprint density at radius 2 is 1.25 bits per heavy atom. The van der Waals surface area contributed by atoms with Crippen LogP contribution in [0.2, 0.25) is 0 Å². The molecule has 0 saturated carbocycles. The number of piperazine rings is 1. The van der Waals surface area contributed by atoms with Crippen molar-refractivity contribution >= 4 is 23.9 Å². The number of hydrazine groups is 1. The van der Waals surface area contributed by atoms with Crippen molar-refractivity contribution in [1.29, 1.82) is 0 Å². The summed E-state index contributed by atoms with van der Waals surface area (Å²) in [6.07, 6.45) is -0.358. The smallest absolute Gasteiger partial charge is 0.410 e. The third-order valence-electron chi connectivity index (χ3n) is 6.25. The highest BCUT2D eigenvalue weighted by molar-refractivity contribution is 5.99. The van der Waals surface area contributed by atoms with Crippen LogP contribution in [0, 0.1) is 0 Å². The van der Waals surface area contributed by atoms with Crippen LogP contribution >= 0.6 is 0 Å². The normalized spacial score (nSPS) is 13.2. The summed E-state index contributed by atoms with van der Waals surface area (Å²) in [6.45, 7) is 2.19. The van der Waals surface area contributed by atoms with Gasteiger partial charge in [0, 0.05) is 43.9 Å². The highest BCUT2D eigenvalue weighted by Gasteiger charge is 2.23. The number of nitrogens with zero attached hydrogens (tertiary/aromatic N) is 2. The van der Waals surface area contributed by atoms with Gasteiger partial charge in [-0.2, -0.15) is 0 Å². The molecule has 208 valence electrons. The molecule has 2 N–H and O–H groups in total. The Balaban J connectivity index is 1.16. The predicted octanol–water partition coefficient (Wildman–Crippen LogP) is 3.15. The van der Waals surface area contributed by atoms with Crippen molar-refractivity contribution in [3.63, 3.8) is 0 Å². The van der Waals surface area contributed by atoms with E-state index in [4.69, 9.17) is 9.47 Å². The Hall–Kier alpha value is -4.70. The van der Waals surface area contributed by atoms with Crippen LogP contribution < -0.4 is 10.7 Å². The van der Waals surface area contributed by atoms with E-state index in [0.717, 1.165) is 11.1 Å². The topological polar surface area (TPSA) is 117 Å². The maximum absolute atomic E-state index is 12.8. The lowest BCUT2D eigenvalue weighted by Crippen LogP contribution is -2.54. The van der Waals surface area contributed by atoms with Crippen LogP contribution in [0.15, 0.2) is 84.9 Å². The number of benzene rings is 3. The molecule has 0 aliphatic carbocycles. The van der Waals surface area contributed by atoms with Gasteiger partial charge in [-0.1, -0.05) is 66.7 Å². The number of esters is 1. The van der Waals surface area contributed by atoms with Gasteiger partial charge in [0.05, 0.1) is 6.42 Å². The monoisotopic (exact) mass is 544 g/mol. The van der Waals surface area contributed by atoms with E-state index >= 15 is 0 Å². The van der Waals surface area contributed by atoms with Crippen molar-refractivity contribution in [3.8, 4) is 0 Å². The quantitative estimate of drug-likeness (QED) is 0.377. The molecule has 0 aromatic heterocycles. The number of hydrogen-bond donors (Lipinski definition) is 2. The molecule has 10 nitrogen and oxygen atoms in total. The van der Waals surface area contributed by atoms with E-state index < -0.39 is 18.0 Å². The summed E-state index contributed by atoms with van der Waals surface area (Å²) in [4.78, 5) is 51.3. The molecule has 10 heteroatoms. The van der Waals surface area contributed by atoms with Crippen molar-refractivity contribution in [3.05, 3.63) is 107 Å². The van der Waals surface area contributed by atoms with E-state index in [2.05, 4.69) is 10.7 Å². The number of carbonyl (C=O) groups is 4. The van der Waals surface area contributed by atoms with E-state index in [1.54, 1.807) is 28.1 Å². The molecule has 1 aliphatic heterocycles. The molecule has 3 amide bonds. The molecule has 0 unspecified atom stereocenters. The number of amides is 3. The standard InChI is InChI=1S/C30H32N4O6/c35-27(39-21-23-8-3-1-4-9-23)14-15-31-28(36)25-12-7-13-26(20-25)29(37)32-34-18-16-33(17-19-34)30(38)40-22-24-10-5-2-6-11-24/h1-13,20H,14-19,21-22H2,(H,31,36)(H,32,37). The van der Waals surface area contributed by atoms with Crippen LogP contribution in [0.4, 0.5) is 4.79 Å². The maximum Gasteiger partial charge on any atom is 0.410 e. The molecular weight excluding hydrogens is 512 g/mol. The third-order valence-corrected chi connectivity index (χ3v) is 6.25. The fourth-order valence-corrected chi connectivity index (χ4v) is 4.01. The lowest BCUT2D eigenvalue weighted by atomic mass is 10.1. The molecule has 1 aliphatic rings. The van der Waals surface area contributed by atoms with Gasteiger partial charge in [-0.05, 0) is 29.3 Å². The number of carbonyl (C=O) groups excluding carboxylic acids is 4. The average Bonchev–Trinajstić information content (AvgIpc) is 3.00. The summed E-state index contributed by atoms with van der Waals surface area (Å²) < 4.78 is 10.6. The summed E-state index contributed by atoms with van der Waals surface area (Å²) in [7, 11) is 0. The van der Waals surface area contributed by atoms with E-state index in [0.29, 0.717) is 37.3 Å². The Morgan fingerprint density at radius 1 is 0.675 bits per heavy atom. The minimum Gasteiger partial charge on any atom is -0.461 e. The summed E-state index contributed by atoms with van der Waals surface area (Å²) in [6, 6.07) is 25.1. The molecule has 4 rings (SSSR count). The number of ether oxygens (including phenoxy) is 2. The molecule has 0 atom stereocenters. The Kier molecular flexibility index (Phi) is 10.2. The summed E-state index contributed by atoms with van der Waals surface area (Å²) >= 11 is 0. The van der Waals surface area contributed by atoms with E-state index in [9.17, 15) is 19.2 Å². The first-order valence-electron chi connectivity index (χ1n) is 13.1. The van der Waals surface area contributed by atoms with Crippen LogP contribution in [-0.4, -0.2) is 66.5 Å². The molecule has 3 aromatic rings. The van der Waals surface area contributed by atoms with Gasteiger partial charge in [-0.25, -0.2) is 9.80 Å². The van der Waals surface area contributed by atoms with Crippen LogP contribution in [0.25, 0.3) is 0 Å². The fraction of sp³-hybridized carbons (Fsp3) is 0.267. The minimum atomic E-state index is -0.415. The van der Waals surface area contributed by atoms with Gasteiger partial charge in [0.2, 0.25) is 0 Å². The van der Waals surface area contributed by atoms with Crippen molar-refractivity contribution in [2.45, 2.75) is 19.6 Å². The highest BCUT2D eigenvalue weighted by atomic mass is 16.6. The van der Waals surface area contributed by atoms with Gasteiger partial charge in [0.25, 0.3) is 11.8 Å². The zero-order valence-corrected chi connectivity index (χ0v) is 22.1. The second kappa shape index (κ2) is 14.5. The molecule has 40 heavy (non-hydrogen) atoms. The molecule has 3 aromatic carbocycles. The minimum absolute atomic E-state index is 0.0323. The third kappa shape index (κ3) is 8.67. The van der Waals surface area contributed by atoms with Gasteiger partial charge in [-0.3, -0.25) is 19.8 Å². The molecule has 0 radical (unpaired) electrons. The zero-order valence-electron chi connectivity index (χ0n) is 22.1. The molecule has 0 spiro atoms. The first-order valence-corrected chi connectivity index (χ1v) is 13.1. The van der Waals surface area contributed by atoms with Crippen LogP contribution in [0.1, 0.15) is 38.3 Å². The fourth-order valence-electron chi connectivity index (χ4n) is 4.01. The van der Waals surface area contributed by atoms with Crippen molar-refractivity contribution in [2.24, 2.45) is 0 Å². The second-order valence-corrected chi connectivity index (χ2v) is 9.19. The first-order chi connectivity index (χ1) is 19.5. The zero-order chi connectivity index (χ0) is 28.2. The molecule has 1 saturated heterocycles. The largest absolute Gasteiger partial charge is 0.461 e. The number of hydrogen-bond acceptors (Lipinski definition) is 7. The van der Waals surface area contributed by atoms with E-state index in [1.165, 1.54) is 6.07 Å². The van der Waals surface area contributed by atoms with Gasteiger partial charge in [0.15, 0.2) is 0 Å². The molecule has 1 fully saturated rings. The Bertz CT molecular complexity index is 1290. The lowest BCUT2D eigenvalue weighted by molar-refractivity contribution is -0.144. The molecule has 1 heterocycles. The van der Waals surface area contributed by atoms with Gasteiger partial charge in [0.1, 0.15) is 13.2 Å². The molecular formula is C30H32N4O6. The van der Waals surface area contributed by atoms with Gasteiger partial charge >= 0.3 is 12.1 Å². The van der Waals surface area contributed by atoms with Crippen molar-refractivity contribution in [1.82, 2.24) is 20.7 Å². The average molecular weight is 545 g/mol.